The molecule has 0 spiro atoms. The molecule has 0 aliphatic carbocycles. The van der Waals surface area contributed by atoms with Crippen LogP contribution in [0.25, 0.3) is 0 Å². The molecule has 1 saturated heterocycles. The lowest BCUT2D eigenvalue weighted by molar-refractivity contribution is -0.144. The van der Waals surface area contributed by atoms with Crippen LogP contribution in [0.3, 0.4) is 0 Å². The van der Waals surface area contributed by atoms with Crippen LogP contribution in [-0.4, -0.2) is 60.1 Å². The zero-order valence-electron chi connectivity index (χ0n) is 11.1. The van der Waals surface area contributed by atoms with Crippen molar-refractivity contribution >= 4 is 21.9 Å². The van der Waals surface area contributed by atoms with E-state index in [1.807, 2.05) is 24.3 Å². The molecule has 1 heterocycles. The van der Waals surface area contributed by atoms with Crippen molar-refractivity contribution in [2.24, 2.45) is 0 Å². The molecule has 0 aromatic heterocycles. The SMILES string of the molecule is CN1CCN([C@@H](Cc2cccc(Br)c2)C(=O)O)CC1. The monoisotopic (exact) mass is 326 g/mol. The zero-order chi connectivity index (χ0) is 13.8. The molecule has 19 heavy (non-hydrogen) atoms. The fourth-order valence-corrected chi connectivity index (χ4v) is 2.84. The Labute approximate surface area is 122 Å². The Morgan fingerprint density at radius 2 is 2.05 bits per heavy atom. The number of hydrogen-bond acceptors (Lipinski definition) is 3. The number of likely N-dealkylation sites (N-methyl/N-ethyl adjacent to an activating group) is 1. The molecule has 1 aliphatic rings. The van der Waals surface area contributed by atoms with Gasteiger partial charge in [-0.25, -0.2) is 0 Å². The number of halogens is 1. The summed E-state index contributed by atoms with van der Waals surface area (Å²) in [6.45, 7) is 3.51. The molecule has 104 valence electrons. The Bertz CT molecular complexity index is 445. The van der Waals surface area contributed by atoms with Crippen molar-refractivity contribution in [3.05, 3.63) is 34.3 Å². The first-order chi connectivity index (χ1) is 9.06. The largest absolute Gasteiger partial charge is 0.480 e. The van der Waals surface area contributed by atoms with E-state index in [4.69, 9.17) is 0 Å². The highest BCUT2D eigenvalue weighted by atomic mass is 79.9. The number of nitrogens with zero attached hydrogens (tertiary/aromatic N) is 2. The minimum Gasteiger partial charge on any atom is -0.480 e. The predicted octanol–water partition coefficient (Wildman–Crippen LogP) is 1.69. The summed E-state index contributed by atoms with van der Waals surface area (Å²) in [4.78, 5) is 15.8. The van der Waals surface area contributed by atoms with Crippen LogP contribution < -0.4 is 0 Å². The highest BCUT2D eigenvalue weighted by Crippen LogP contribution is 2.16. The lowest BCUT2D eigenvalue weighted by Gasteiger charge is -2.36. The van der Waals surface area contributed by atoms with Gasteiger partial charge in [-0.05, 0) is 31.2 Å². The molecule has 1 atom stereocenters. The number of piperazine rings is 1. The molecule has 5 heteroatoms. The normalized spacial score (nSPS) is 19.3. The second-order valence-corrected chi connectivity index (χ2v) is 5.94. The molecule has 1 aromatic rings. The van der Waals surface area contributed by atoms with E-state index >= 15 is 0 Å². The van der Waals surface area contributed by atoms with Crippen molar-refractivity contribution < 1.29 is 9.90 Å². The molecule has 4 nitrogen and oxygen atoms in total. The Morgan fingerprint density at radius 1 is 1.37 bits per heavy atom. The molecule has 1 N–H and O–H groups in total. The topological polar surface area (TPSA) is 43.8 Å². The van der Waals surface area contributed by atoms with E-state index in [0.717, 1.165) is 36.2 Å². The van der Waals surface area contributed by atoms with Gasteiger partial charge in [0.15, 0.2) is 0 Å². The number of aliphatic carboxylic acids is 1. The summed E-state index contributed by atoms with van der Waals surface area (Å²) in [7, 11) is 2.07. The van der Waals surface area contributed by atoms with Crippen LogP contribution in [0.15, 0.2) is 28.7 Å². The van der Waals surface area contributed by atoms with Crippen molar-refractivity contribution in [1.82, 2.24) is 9.80 Å². The van der Waals surface area contributed by atoms with E-state index in [1.165, 1.54) is 0 Å². The first-order valence-electron chi connectivity index (χ1n) is 6.46. The molecule has 0 bridgehead atoms. The number of carboxylic acid groups (broad SMARTS) is 1. The Hall–Kier alpha value is -0.910. The van der Waals surface area contributed by atoms with E-state index in [2.05, 4.69) is 32.8 Å². The van der Waals surface area contributed by atoms with E-state index < -0.39 is 12.0 Å². The van der Waals surface area contributed by atoms with E-state index in [9.17, 15) is 9.90 Å². The highest BCUT2D eigenvalue weighted by Gasteiger charge is 2.28. The third-order valence-corrected chi connectivity index (χ3v) is 4.08. The molecular formula is C14H19BrN2O2. The number of carbonyl (C=O) groups is 1. The van der Waals surface area contributed by atoms with Crippen LogP contribution in [-0.2, 0) is 11.2 Å². The van der Waals surface area contributed by atoms with E-state index in [1.54, 1.807) is 0 Å². The first kappa shape index (κ1) is 14.5. The smallest absolute Gasteiger partial charge is 0.321 e. The summed E-state index contributed by atoms with van der Waals surface area (Å²) < 4.78 is 0.993. The second-order valence-electron chi connectivity index (χ2n) is 5.03. The van der Waals surface area contributed by atoms with Gasteiger partial charge in [-0.2, -0.15) is 0 Å². The van der Waals surface area contributed by atoms with Gasteiger partial charge >= 0.3 is 5.97 Å². The van der Waals surface area contributed by atoms with Gasteiger partial charge < -0.3 is 10.0 Å². The van der Waals surface area contributed by atoms with Crippen LogP contribution in [0.2, 0.25) is 0 Å². The molecular weight excluding hydrogens is 308 g/mol. The lowest BCUT2D eigenvalue weighted by atomic mass is 10.0. The molecule has 0 amide bonds. The maximum Gasteiger partial charge on any atom is 0.321 e. The summed E-state index contributed by atoms with van der Waals surface area (Å²) >= 11 is 3.43. The number of benzene rings is 1. The number of rotatable bonds is 4. The van der Waals surface area contributed by atoms with Crippen molar-refractivity contribution in [3.8, 4) is 0 Å². The third-order valence-electron chi connectivity index (χ3n) is 3.58. The summed E-state index contributed by atoms with van der Waals surface area (Å²) in [6, 6.07) is 7.45. The Kier molecular flexibility index (Phi) is 4.96. The predicted molar refractivity (Wildman–Crippen MR) is 78.3 cm³/mol. The zero-order valence-corrected chi connectivity index (χ0v) is 12.6. The van der Waals surface area contributed by atoms with Gasteiger partial charge in [-0.15, -0.1) is 0 Å². The fourth-order valence-electron chi connectivity index (χ4n) is 2.39. The molecule has 2 rings (SSSR count). The third kappa shape index (κ3) is 4.03. The van der Waals surface area contributed by atoms with Crippen molar-refractivity contribution in [2.75, 3.05) is 33.2 Å². The van der Waals surface area contributed by atoms with Crippen molar-refractivity contribution in [1.29, 1.82) is 0 Å². The maximum absolute atomic E-state index is 11.5. The van der Waals surface area contributed by atoms with Crippen molar-refractivity contribution in [3.63, 3.8) is 0 Å². The Balaban J connectivity index is 2.06. The highest BCUT2D eigenvalue weighted by molar-refractivity contribution is 9.10. The van der Waals surface area contributed by atoms with Gasteiger partial charge in [0.2, 0.25) is 0 Å². The first-order valence-corrected chi connectivity index (χ1v) is 7.25. The summed E-state index contributed by atoms with van der Waals surface area (Å²) in [5, 5.41) is 9.46. The minimum absolute atomic E-state index is 0.428. The average molecular weight is 327 g/mol. The van der Waals surface area contributed by atoms with Crippen molar-refractivity contribution in [2.45, 2.75) is 12.5 Å². The summed E-state index contributed by atoms with van der Waals surface area (Å²) in [5.74, 6) is -0.732. The van der Waals surface area contributed by atoms with Gasteiger partial charge in [0.1, 0.15) is 6.04 Å². The standard InChI is InChI=1S/C14H19BrN2O2/c1-16-5-7-17(8-6-16)13(14(18)19)10-11-3-2-4-12(15)9-11/h2-4,9,13H,5-8,10H2,1H3,(H,18,19)/t13-/m0/s1. The summed E-state index contributed by atoms with van der Waals surface area (Å²) in [6.07, 6.45) is 0.554. The van der Waals surface area contributed by atoms with Gasteiger partial charge in [-0.3, -0.25) is 9.69 Å². The van der Waals surface area contributed by atoms with E-state index in [0.29, 0.717) is 6.42 Å². The minimum atomic E-state index is -0.732. The van der Waals surface area contributed by atoms with Gasteiger partial charge in [0, 0.05) is 30.7 Å². The quantitative estimate of drug-likeness (QED) is 0.914. The van der Waals surface area contributed by atoms with Crippen LogP contribution in [0.5, 0.6) is 0 Å². The van der Waals surface area contributed by atoms with Gasteiger partial charge in [0.25, 0.3) is 0 Å². The number of carboxylic acids is 1. The maximum atomic E-state index is 11.5. The van der Waals surface area contributed by atoms with Gasteiger partial charge in [-0.1, -0.05) is 28.1 Å². The summed E-state index contributed by atoms with van der Waals surface area (Å²) in [5.41, 5.74) is 1.06. The molecule has 0 saturated carbocycles. The molecule has 0 unspecified atom stereocenters. The van der Waals surface area contributed by atoms with E-state index in [-0.39, 0.29) is 0 Å². The van der Waals surface area contributed by atoms with Crippen LogP contribution in [0, 0.1) is 0 Å². The fraction of sp³-hybridized carbons (Fsp3) is 0.500. The molecule has 1 fully saturated rings. The van der Waals surface area contributed by atoms with Crippen LogP contribution >= 0.6 is 15.9 Å². The van der Waals surface area contributed by atoms with Gasteiger partial charge in [0.05, 0.1) is 0 Å². The molecule has 1 aromatic carbocycles. The Morgan fingerprint density at radius 3 is 2.63 bits per heavy atom. The van der Waals surface area contributed by atoms with Crippen LogP contribution in [0.4, 0.5) is 0 Å². The second kappa shape index (κ2) is 6.50. The number of hydrogen-bond donors (Lipinski definition) is 1. The lowest BCUT2D eigenvalue weighted by Crippen LogP contribution is -2.52. The van der Waals surface area contributed by atoms with Crippen LogP contribution in [0.1, 0.15) is 5.56 Å². The molecule has 1 aliphatic heterocycles. The average Bonchev–Trinajstić information content (AvgIpc) is 2.37. The molecule has 0 radical (unpaired) electrons.